The van der Waals surface area contributed by atoms with E-state index in [4.69, 9.17) is 17.1 Å². The lowest BCUT2D eigenvalue weighted by molar-refractivity contribution is 0.757. The molecular weight excluding hydrogens is 202 g/mol. The van der Waals surface area contributed by atoms with Crippen LogP contribution in [0.1, 0.15) is 11.3 Å². The van der Waals surface area contributed by atoms with Crippen molar-refractivity contribution in [1.29, 1.82) is 0 Å². The predicted molar refractivity (Wildman–Crippen MR) is 56.0 cm³/mol. The van der Waals surface area contributed by atoms with E-state index in [1.165, 1.54) is 0 Å². The van der Waals surface area contributed by atoms with Crippen LogP contribution < -0.4 is 0 Å². The van der Waals surface area contributed by atoms with Crippen molar-refractivity contribution < 1.29 is 0 Å². The summed E-state index contributed by atoms with van der Waals surface area (Å²) in [6.07, 6.45) is 3.55. The first-order valence-electron chi connectivity index (χ1n) is 4.03. The van der Waals surface area contributed by atoms with Crippen molar-refractivity contribution in [2.45, 2.75) is 6.92 Å². The summed E-state index contributed by atoms with van der Waals surface area (Å²) in [4.78, 5) is 2.64. The molecule has 0 unspecified atom stereocenters. The van der Waals surface area contributed by atoms with Gasteiger partial charge in [-0.05, 0) is 12.5 Å². The molecule has 74 valence electrons. The predicted octanol–water partition coefficient (Wildman–Crippen LogP) is 2.71. The number of hydrogen-bond acceptors (Lipinski definition) is 2. The van der Waals surface area contributed by atoms with Gasteiger partial charge in [-0.3, -0.25) is 4.68 Å². The van der Waals surface area contributed by atoms with E-state index in [0.717, 1.165) is 11.3 Å². The van der Waals surface area contributed by atoms with E-state index in [0.29, 0.717) is 11.7 Å². The van der Waals surface area contributed by atoms with Gasteiger partial charge in [0.15, 0.2) is 0 Å². The highest BCUT2D eigenvalue weighted by Gasteiger charge is 2.06. The second kappa shape index (κ2) is 4.69. The van der Waals surface area contributed by atoms with Gasteiger partial charge in [0.05, 0.1) is 5.69 Å². The molecule has 0 saturated heterocycles. The fourth-order valence-electron chi connectivity index (χ4n) is 1.09. The molecule has 0 aliphatic carbocycles. The SMILES string of the molecule is Cc1nn(C)c(Cl)c1C=CCN=[N+]=[N-]. The Morgan fingerprint density at radius 3 is 2.93 bits per heavy atom. The first-order valence-corrected chi connectivity index (χ1v) is 4.41. The molecule has 1 aromatic rings. The van der Waals surface area contributed by atoms with E-state index in [-0.39, 0.29) is 0 Å². The molecular formula is C8H10ClN5. The Labute approximate surface area is 86.6 Å². The second-order valence-corrected chi connectivity index (χ2v) is 3.09. The summed E-state index contributed by atoms with van der Waals surface area (Å²) in [6, 6.07) is 0. The maximum absolute atomic E-state index is 8.06. The lowest BCUT2D eigenvalue weighted by Gasteiger charge is -1.90. The molecule has 6 heteroatoms. The Bertz CT molecular complexity index is 400. The van der Waals surface area contributed by atoms with Gasteiger partial charge >= 0.3 is 0 Å². The van der Waals surface area contributed by atoms with Crippen LogP contribution in [0.15, 0.2) is 11.2 Å². The zero-order valence-electron chi connectivity index (χ0n) is 7.98. The zero-order valence-corrected chi connectivity index (χ0v) is 8.73. The molecule has 14 heavy (non-hydrogen) atoms. The topological polar surface area (TPSA) is 66.6 Å². The first-order chi connectivity index (χ1) is 6.66. The Hall–Kier alpha value is -1.45. The van der Waals surface area contributed by atoms with Crippen molar-refractivity contribution in [2.24, 2.45) is 12.2 Å². The van der Waals surface area contributed by atoms with Crippen molar-refractivity contribution in [1.82, 2.24) is 9.78 Å². The lowest BCUT2D eigenvalue weighted by atomic mass is 10.2. The van der Waals surface area contributed by atoms with Crippen molar-refractivity contribution in [3.63, 3.8) is 0 Å². The average molecular weight is 212 g/mol. The molecule has 0 aliphatic heterocycles. The van der Waals surface area contributed by atoms with Gasteiger partial charge in [-0.15, -0.1) is 0 Å². The highest BCUT2D eigenvalue weighted by atomic mass is 35.5. The summed E-state index contributed by atoms with van der Waals surface area (Å²) in [5.74, 6) is 0. The molecule has 0 fully saturated rings. The maximum Gasteiger partial charge on any atom is 0.134 e. The standard InChI is InChI=1S/C8H10ClN5/c1-6-7(4-3-5-11-13-10)8(9)14(2)12-6/h3-4H,5H2,1-2H3. The monoisotopic (exact) mass is 211 g/mol. The Balaban J connectivity index is 2.85. The van der Waals surface area contributed by atoms with Gasteiger partial charge in [0.25, 0.3) is 0 Å². The maximum atomic E-state index is 8.06. The quantitative estimate of drug-likeness (QED) is 0.431. The minimum Gasteiger partial charge on any atom is -0.256 e. The largest absolute Gasteiger partial charge is 0.256 e. The molecule has 1 heterocycles. The van der Waals surface area contributed by atoms with Crippen molar-refractivity contribution in [3.8, 4) is 0 Å². The van der Waals surface area contributed by atoms with Crippen LogP contribution >= 0.6 is 11.6 Å². The van der Waals surface area contributed by atoms with E-state index in [1.807, 2.05) is 6.92 Å². The van der Waals surface area contributed by atoms with Gasteiger partial charge in [-0.25, -0.2) is 0 Å². The molecule has 0 saturated carbocycles. The van der Waals surface area contributed by atoms with Gasteiger partial charge in [-0.1, -0.05) is 28.9 Å². The molecule has 0 N–H and O–H groups in total. The molecule has 0 spiro atoms. The highest BCUT2D eigenvalue weighted by Crippen LogP contribution is 2.19. The zero-order chi connectivity index (χ0) is 10.6. The molecule has 0 aliphatic rings. The molecule has 0 amide bonds. The van der Waals surface area contributed by atoms with Gasteiger partial charge in [0.1, 0.15) is 5.15 Å². The Morgan fingerprint density at radius 1 is 1.71 bits per heavy atom. The molecule has 1 rings (SSSR count). The molecule has 0 bridgehead atoms. The van der Waals surface area contributed by atoms with E-state index in [2.05, 4.69) is 15.1 Å². The Kier molecular flexibility index (Phi) is 3.56. The Morgan fingerprint density at radius 2 is 2.43 bits per heavy atom. The summed E-state index contributed by atoms with van der Waals surface area (Å²) in [7, 11) is 1.78. The summed E-state index contributed by atoms with van der Waals surface area (Å²) in [6.45, 7) is 2.19. The number of halogens is 1. The van der Waals surface area contributed by atoms with Crippen LogP contribution in [0.25, 0.3) is 16.5 Å². The van der Waals surface area contributed by atoms with Crippen LogP contribution in [0, 0.1) is 6.92 Å². The lowest BCUT2D eigenvalue weighted by Crippen LogP contribution is -1.88. The van der Waals surface area contributed by atoms with Crippen molar-refractivity contribution >= 4 is 17.7 Å². The van der Waals surface area contributed by atoms with Crippen LogP contribution in [-0.4, -0.2) is 16.3 Å². The average Bonchev–Trinajstić information content (AvgIpc) is 2.38. The van der Waals surface area contributed by atoms with Crippen LogP contribution in [0.4, 0.5) is 0 Å². The van der Waals surface area contributed by atoms with E-state index in [9.17, 15) is 0 Å². The minimum atomic E-state index is 0.321. The van der Waals surface area contributed by atoms with Crippen LogP contribution in [0.3, 0.4) is 0 Å². The van der Waals surface area contributed by atoms with Gasteiger partial charge < -0.3 is 0 Å². The number of azide groups is 1. The third kappa shape index (κ3) is 2.28. The van der Waals surface area contributed by atoms with Gasteiger partial charge in [-0.2, -0.15) is 5.10 Å². The molecule has 0 aromatic carbocycles. The minimum absolute atomic E-state index is 0.321. The van der Waals surface area contributed by atoms with E-state index >= 15 is 0 Å². The van der Waals surface area contributed by atoms with Crippen LogP contribution in [-0.2, 0) is 7.05 Å². The summed E-state index contributed by atoms with van der Waals surface area (Å²) in [5.41, 5.74) is 9.78. The number of aryl methyl sites for hydroxylation is 2. The highest BCUT2D eigenvalue weighted by molar-refractivity contribution is 6.31. The van der Waals surface area contributed by atoms with Crippen LogP contribution in [0.5, 0.6) is 0 Å². The van der Waals surface area contributed by atoms with Crippen LogP contribution in [0.2, 0.25) is 5.15 Å². The smallest absolute Gasteiger partial charge is 0.134 e. The third-order valence-corrected chi connectivity index (χ3v) is 2.18. The third-order valence-electron chi connectivity index (χ3n) is 1.73. The molecule has 0 radical (unpaired) electrons. The molecule has 1 aromatic heterocycles. The molecule has 5 nitrogen and oxygen atoms in total. The summed E-state index contributed by atoms with van der Waals surface area (Å²) >= 11 is 5.97. The normalized spacial score (nSPS) is 10.5. The number of rotatable bonds is 3. The molecule has 0 atom stereocenters. The van der Waals surface area contributed by atoms with Crippen molar-refractivity contribution in [2.75, 3.05) is 6.54 Å². The number of hydrogen-bond donors (Lipinski definition) is 0. The van der Waals surface area contributed by atoms with E-state index in [1.54, 1.807) is 23.9 Å². The summed E-state index contributed by atoms with van der Waals surface area (Å²) < 4.78 is 1.60. The van der Waals surface area contributed by atoms with Gasteiger partial charge in [0, 0.05) is 24.1 Å². The summed E-state index contributed by atoms with van der Waals surface area (Å²) in [5, 5.41) is 8.10. The fraction of sp³-hybridized carbons (Fsp3) is 0.375. The van der Waals surface area contributed by atoms with Gasteiger partial charge in [0.2, 0.25) is 0 Å². The second-order valence-electron chi connectivity index (χ2n) is 2.73. The number of aromatic nitrogens is 2. The van der Waals surface area contributed by atoms with E-state index < -0.39 is 0 Å². The fourth-order valence-corrected chi connectivity index (χ4v) is 1.33. The number of nitrogens with zero attached hydrogens (tertiary/aromatic N) is 5. The van der Waals surface area contributed by atoms with Crippen molar-refractivity contribution in [3.05, 3.63) is 32.9 Å². The first kappa shape index (κ1) is 10.6.